The van der Waals surface area contributed by atoms with Gasteiger partial charge in [0.1, 0.15) is 11.6 Å². The van der Waals surface area contributed by atoms with E-state index in [1.807, 2.05) is 0 Å². The van der Waals surface area contributed by atoms with Crippen molar-refractivity contribution in [2.75, 3.05) is 18.1 Å². The zero-order valence-electron chi connectivity index (χ0n) is 9.87. The molecule has 0 fully saturated rings. The van der Waals surface area contributed by atoms with Crippen LogP contribution in [0.3, 0.4) is 0 Å². The van der Waals surface area contributed by atoms with Crippen LogP contribution in [0.15, 0.2) is 30.5 Å². The molecule has 0 saturated heterocycles. The molecule has 0 bridgehead atoms. The van der Waals surface area contributed by atoms with E-state index in [1.165, 1.54) is 12.3 Å². The van der Waals surface area contributed by atoms with Gasteiger partial charge < -0.3 is 16.5 Å². The fourth-order valence-corrected chi connectivity index (χ4v) is 1.74. The molecule has 0 aliphatic carbocycles. The van der Waals surface area contributed by atoms with Crippen molar-refractivity contribution in [3.63, 3.8) is 0 Å². The molecule has 0 aliphatic heterocycles. The Hall–Kier alpha value is -2.43. The van der Waals surface area contributed by atoms with E-state index in [1.54, 1.807) is 25.2 Å². The van der Waals surface area contributed by atoms with E-state index in [2.05, 4.69) is 10.3 Å². The molecule has 18 heavy (non-hydrogen) atoms. The highest BCUT2D eigenvalue weighted by molar-refractivity contribution is 5.88. The number of anilines is 2. The minimum Gasteiger partial charge on any atom is -0.388 e. The summed E-state index contributed by atoms with van der Waals surface area (Å²) in [5, 5.41) is 10.2. The molecular weight excluding hydrogens is 231 g/mol. The number of rotatable bonds is 3. The molecule has 0 unspecified atom stereocenters. The summed E-state index contributed by atoms with van der Waals surface area (Å²) < 4.78 is 13.7. The van der Waals surface area contributed by atoms with Crippen LogP contribution in [0.4, 0.5) is 15.9 Å². The SMILES string of the molecule is CNc1cc(-c2cc(N)ncc2F)ccc1C=N. The lowest BCUT2D eigenvalue weighted by Crippen LogP contribution is -1.97. The number of nitrogen functional groups attached to an aromatic ring is 1. The summed E-state index contributed by atoms with van der Waals surface area (Å²) in [5.74, 6) is -0.151. The molecule has 0 saturated carbocycles. The first-order chi connectivity index (χ1) is 8.65. The first kappa shape index (κ1) is 12.0. The number of aromatic nitrogens is 1. The lowest BCUT2D eigenvalue weighted by atomic mass is 10.0. The van der Waals surface area contributed by atoms with E-state index in [4.69, 9.17) is 11.1 Å². The third kappa shape index (κ3) is 2.15. The average molecular weight is 244 g/mol. The molecule has 0 atom stereocenters. The Labute approximate surface area is 104 Å². The molecule has 1 aromatic heterocycles. The molecule has 0 spiro atoms. The Morgan fingerprint density at radius 2 is 2.17 bits per heavy atom. The topological polar surface area (TPSA) is 74.8 Å². The van der Waals surface area contributed by atoms with Crippen LogP contribution in [-0.2, 0) is 0 Å². The fraction of sp³-hybridized carbons (Fsp3) is 0.0769. The summed E-state index contributed by atoms with van der Waals surface area (Å²) in [7, 11) is 1.75. The largest absolute Gasteiger partial charge is 0.388 e. The van der Waals surface area contributed by atoms with Gasteiger partial charge in [-0.05, 0) is 17.7 Å². The maximum absolute atomic E-state index is 13.7. The van der Waals surface area contributed by atoms with Gasteiger partial charge in [-0.3, -0.25) is 0 Å². The number of hydrogen-bond acceptors (Lipinski definition) is 4. The van der Waals surface area contributed by atoms with Crippen molar-refractivity contribution in [1.29, 1.82) is 5.41 Å². The predicted molar refractivity (Wildman–Crippen MR) is 71.5 cm³/mol. The maximum Gasteiger partial charge on any atom is 0.149 e. The van der Waals surface area contributed by atoms with E-state index in [-0.39, 0.29) is 5.82 Å². The van der Waals surface area contributed by atoms with E-state index < -0.39 is 5.82 Å². The lowest BCUT2D eigenvalue weighted by molar-refractivity contribution is 0.625. The van der Waals surface area contributed by atoms with Gasteiger partial charge in [-0.2, -0.15) is 0 Å². The van der Waals surface area contributed by atoms with Crippen molar-refractivity contribution in [2.24, 2.45) is 0 Å². The molecule has 0 radical (unpaired) electrons. The number of benzene rings is 1. The normalized spacial score (nSPS) is 10.1. The first-order valence-electron chi connectivity index (χ1n) is 5.39. The van der Waals surface area contributed by atoms with Crippen molar-refractivity contribution in [2.45, 2.75) is 0 Å². The van der Waals surface area contributed by atoms with Gasteiger partial charge in [0.05, 0.1) is 6.20 Å². The highest BCUT2D eigenvalue weighted by Gasteiger charge is 2.08. The molecule has 4 nitrogen and oxygen atoms in total. The molecule has 0 aliphatic rings. The monoisotopic (exact) mass is 244 g/mol. The fourth-order valence-electron chi connectivity index (χ4n) is 1.74. The van der Waals surface area contributed by atoms with E-state index >= 15 is 0 Å². The van der Waals surface area contributed by atoms with Gasteiger partial charge in [0, 0.05) is 30.1 Å². The van der Waals surface area contributed by atoms with E-state index in [9.17, 15) is 4.39 Å². The molecule has 0 amide bonds. The third-order valence-electron chi connectivity index (χ3n) is 2.67. The van der Waals surface area contributed by atoms with Crippen molar-refractivity contribution in [1.82, 2.24) is 4.98 Å². The van der Waals surface area contributed by atoms with Crippen molar-refractivity contribution < 1.29 is 4.39 Å². The Balaban J connectivity index is 2.57. The Morgan fingerprint density at radius 1 is 1.39 bits per heavy atom. The molecular formula is C13H13FN4. The molecule has 2 rings (SSSR count). The third-order valence-corrected chi connectivity index (χ3v) is 2.67. The summed E-state index contributed by atoms with van der Waals surface area (Å²) in [5.41, 5.74) is 8.15. The van der Waals surface area contributed by atoms with Crippen molar-refractivity contribution in [3.05, 3.63) is 41.8 Å². The Kier molecular flexibility index (Phi) is 3.23. The van der Waals surface area contributed by atoms with Gasteiger partial charge in [0.25, 0.3) is 0 Å². The van der Waals surface area contributed by atoms with Crippen LogP contribution in [0.1, 0.15) is 5.56 Å². The smallest absolute Gasteiger partial charge is 0.149 e. The summed E-state index contributed by atoms with van der Waals surface area (Å²) in [6, 6.07) is 6.77. The second kappa shape index (κ2) is 4.83. The molecule has 5 heteroatoms. The second-order valence-corrected chi connectivity index (χ2v) is 3.79. The van der Waals surface area contributed by atoms with E-state index in [0.717, 1.165) is 17.4 Å². The number of halogens is 1. The van der Waals surface area contributed by atoms with E-state index in [0.29, 0.717) is 11.1 Å². The number of nitrogens with two attached hydrogens (primary N) is 1. The van der Waals surface area contributed by atoms with Gasteiger partial charge >= 0.3 is 0 Å². The van der Waals surface area contributed by atoms with Gasteiger partial charge in [-0.15, -0.1) is 0 Å². The van der Waals surface area contributed by atoms with Gasteiger partial charge in [-0.1, -0.05) is 12.1 Å². The van der Waals surface area contributed by atoms with Crippen LogP contribution < -0.4 is 11.1 Å². The number of pyridine rings is 1. The summed E-state index contributed by atoms with van der Waals surface area (Å²) >= 11 is 0. The molecule has 1 heterocycles. The first-order valence-corrected chi connectivity index (χ1v) is 5.39. The van der Waals surface area contributed by atoms with Crippen molar-refractivity contribution in [3.8, 4) is 11.1 Å². The molecule has 4 N–H and O–H groups in total. The number of hydrogen-bond donors (Lipinski definition) is 3. The zero-order valence-corrected chi connectivity index (χ0v) is 9.87. The van der Waals surface area contributed by atoms with Gasteiger partial charge in [-0.25, -0.2) is 9.37 Å². The Morgan fingerprint density at radius 3 is 2.83 bits per heavy atom. The predicted octanol–water partition coefficient (Wildman–Crippen LogP) is 2.51. The second-order valence-electron chi connectivity index (χ2n) is 3.79. The Bertz CT molecular complexity index is 596. The van der Waals surface area contributed by atoms with Gasteiger partial charge in [0.15, 0.2) is 0 Å². The maximum atomic E-state index is 13.7. The standard InChI is InChI=1S/C13H13FN4/c1-17-12-4-8(2-3-9(12)6-15)10-5-13(16)18-7-11(10)14/h2-7,15,17H,1H3,(H2,16,18). The van der Waals surface area contributed by atoms with Crippen molar-refractivity contribution >= 4 is 17.7 Å². The highest BCUT2D eigenvalue weighted by atomic mass is 19.1. The zero-order chi connectivity index (χ0) is 13.1. The minimum absolute atomic E-state index is 0.272. The quantitative estimate of drug-likeness (QED) is 0.726. The van der Waals surface area contributed by atoms with Crippen LogP contribution in [0.5, 0.6) is 0 Å². The summed E-state index contributed by atoms with van der Waals surface area (Å²) in [6.45, 7) is 0. The molecule has 1 aromatic carbocycles. The highest BCUT2D eigenvalue weighted by Crippen LogP contribution is 2.27. The number of nitrogens with zero attached hydrogens (tertiary/aromatic N) is 1. The van der Waals surface area contributed by atoms with Crippen LogP contribution in [0.25, 0.3) is 11.1 Å². The summed E-state index contributed by atoms with van der Waals surface area (Å²) in [6.07, 6.45) is 2.35. The van der Waals surface area contributed by atoms with Crippen LogP contribution >= 0.6 is 0 Å². The minimum atomic E-state index is -0.422. The molecule has 92 valence electrons. The van der Waals surface area contributed by atoms with Crippen LogP contribution in [0, 0.1) is 11.2 Å². The summed E-state index contributed by atoms with van der Waals surface area (Å²) in [4.78, 5) is 3.69. The number of nitrogens with one attached hydrogen (secondary N) is 2. The molecule has 2 aromatic rings. The van der Waals surface area contributed by atoms with Crippen LogP contribution in [0.2, 0.25) is 0 Å². The average Bonchev–Trinajstić information content (AvgIpc) is 2.40. The lowest BCUT2D eigenvalue weighted by Gasteiger charge is -2.09. The van der Waals surface area contributed by atoms with Crippen LogP contribution in [-0.4, -0.2) is 18.2 Å². The van der Waals surface area contributed by atoms with Gasteiger partial charge in [0.2, 0.25) is 0 Å².